The SMILES string of the molecule is CC/C=C\C/C=C\C/C=C\C/C=C\C/C=C\C/C=C\CCCCC(=O)OC(COC(=O)CCCCCCCCCCCCCC/C=C\C/C=C\C/C=C\CCCCCCC)COP(=O)(O)OCC[N+](C)(C)C. The van der Waals surface area contributed by atoms with Crippen LogP contribution in [0.4, 0.5) is 0 Å². The normalized spacial score (nSPS) is 14.1. The first-order valence-corrected chi connectivity index (χ1v) is 30.1. The van der Waals surface area contributed by atoms with Gasteiger partial charge in [0.05, 0.1) is 27.7 Å². The van der Waals surface area contributed by atoms with Crippen molar-refractivity contribution in [2.45, 2.75) is 225 Å². The Labute approximate surface area is 442 Å². The standard InChI is InChI=1S/C62H106NO8P/c1-6-8-10-12-14-16-18-20-22-24-26-28-29-30-31-32-33-35-36-38-40-42-44-46-48-50-52-54-61(64)68-58-60(59-70-72(66,67)69-57-56-63(3,4)5)71-62(65)55-53-51-49-47-45-43-41-39-37-34-27-25-23-21-19-17-15-13-11-9-7-2/h9,11,15,17-18,20-21,23-24,26-27,29-30,34,39,41,45,47,60H,6-8,10,12-14,16,19,22,25,28,31-33,35-38,40,42-44,46,48-59H2,1-5H3/p+1/b11-9-,17-15-,20-18-,23-21-,26-24-,30-29-,34-27-,41-39-,47-45-. The first kappa shape index (κ1) is 68.7. The van der Waals surface area contributed by atoms with Crippen LogP contribution >= 0.6 is 7.82 Å². The number of unbranched alkanes of at least 4 members (excludes halogenated alkanes) is 19. The number of likely N-dealkylation sites (N-methyl/N-ethyl adjacent to an activating group) is 1. The number of allylic oxidation sites excluding steroid dienone is 18. The van der Waals surface area contributed by atoms with Gasteiger partial charge in [0, 0.05) is 12.8 Å². The molecule has 2 unspecified atom stereocenters. The van der Waals surface area contributed by atoms with Crippen LogP contribution in [-0.2, 0) is 32.7 Å². The van der Waals surface area contributed by atoms with E-state index in [9.17, 15) is 19.0 Å². The fourth-order valence-electron chi connectivity index (χ4n) is 7.38. The van der Waals surface area contributed by atoms with Gasteiger partial charge >= 0.3 is 19.8 Å². The van der Waals surface area contributed by atoms with Crippen LogP contribution in [0.15, 0.2) is 109 Å². The van der Waals surface area contributed by atoms with Gasteiger partial charge in [-0.25, -0.2) is 4.57 Å². The van der Waals surface area contributed by atoms with E-state index in [0.717, 1.165) is 83.5 Å². The average Bonchev–Trinajstić information content (AvgIpc) is 3.34. The van der Waals surface area contributed by atoms with Crippen LogP contribution < -0.4 is 0 Å². The molecule has 10 heteroatoms. The van der Waals surface area contributed by atoms with Gasteiger partial charge in [-0.3, -0.25) is 18.6 Å². The monoisotopic (exact) mass is 1020 g/mol. The molecule has 2 atom stereocenters. The summed E-state index contributed by atoms with van der Waals surface area (Å²) in [5.74, 6) is -0.856. The third-order valence-corrected chi connectivity index (χ3v) is 12.8. The number of nitrogens with zero attached hydrogens (tertiary/aromatic N) is 1. The van der Waals surface area contributed by atoms with Crippen LogP contribution in [0.2, 0.25) is 0 Å². The van der Waals surface area contributed by atoms with Crippen molar-refractivity contribution >= 4 is 19.8 Å². The molecular formula is C62H107NO8P+. The summed E-state index contributed by atoms with van der Waals surface area (Å²) in [6.07, 6.45) is 73.0. The van der Waals surface area contributed by atoms with E-state index in [0.29, 0.717) is 17.4 Å². The number of esters is 2. The Morgan fingerprint density at radius 2 is 0.792 bits per heavy atom. The molecule has 412 valence electrons. The number of rotatable bonds is 51. The van der Waals surface area contributed by atoms with Crippen molar-refractivity contribution in [1.82, 2.24) is 0 Å². The summed E-state index contributed by atoms with van der Waals surface area (Å²) in [6.45, 7) is 4.25. The minimum Gasteiger partial charge on any atom is -0.462 e. The summed E-state index contributed by atoms with van der Waals surface area (Å²) in [5.41, 5.74) is 0. The van der Waals surface area contributed by atoms with E-state index < -0.39 is 26.5 Å². The van der Waals surface area contributed by atoms with Crippen LogP contribution in [0.25, 0.3) is 0 Å². The maximum Gasteiger partial charge on any atom is 0.472 e. The van der Waals surface area contributed by atoms with Gasteiger partial charge in [-0.05, 0) is 103 Å². The fourth-order valence-corrected chi connectivity index (χ4v) is 8.12. The van der Waals surface area contributed by atoms with Crippen LogP contribution in [-0.4, -0.2) is 74.9 Å². The molecule has 0 bridgehead atoms. The smallest absolute Gasteiger partial charge is 0.462 e. The van der Waals surface area contributed by atoms with Crippen molar-refractivity contribution in [2.75, 3.05) is 47.5 Å². The second-order valence-electron chi connectivity index (χ2n) is 19.9. The topological polar surface area (TPSA) is 108 Å². The number of phosphoric ester groups is 1. The maximum atomic E-state index is 12.8. The highest BCUT2D eigenvalue weighted by Gasteiger charge is 2.27. The number of phosphoric acid groups is 1. The molecule has 0 aromatic heterocycles. The highest BCUT2D eigenvalue weighted by Crippen LogP contribution is 2.43. The maximum absolute atomic E-state index is 12.8. The van der Waals surface area contributed by atoms with E-state index in [4.69, 9.17) is 18.5 Å². The molecule has 0 spiro atoms. The number of hydrogen-bond acceptors (Lipinski definition) is 7. The number of quaternary nitrogens is 1. The quantitative estimate of drug-likeness (QED) is 0.0211. The van der Waals surface area contributed by atoms with Gasteiger partial charge in [0.1, 0.15) is 19.8 Å². The lowest BCUT2D eigenvalue weighted by molar-refractivity contribution is -0.870. The Hall–Kier alpha value is -3.33. The summed E-state index contributed by atoms with van der Waals surface area (Å²) in [6, 6.07) is 0. The van der Waals surface area contributed by atoms with Crippen LogP contribution in [0.5, 0.6) is 0 Å². The van der Waals surface area contributed by atoms with Crippen molar-refractivity contribution in [1.29, 1.82) is 0 Å². The van der Waals surface area contributed by atoms with E-state index in [1.807, 2.05) is 21.1 Å². The number of carbonyl (C=O) groups excluding carboxylic acids is 2. The lowest BCUT2D eigenvalue weighted by atomic mass is 10.0. The third-order valence-electron chi connectivity index (χ3n) is 11.8. The highest BCUT2D eigenvalue weighted by molar-refractivity contribution is 7.47. The summed E-state index contributed by atoms with van der Waals surface area (Å²) >= 11 is 0. The number of ether oxygens (including phenoxy) is 2. The lowest BCUT2D eigenvalue weighted by Gasteiger charge is -2.24. The molecule has 9 nitrogen and oxygen atoms in total. The summed E-state index contributed by atoms with van der Waals surface area (Å²) in [7, 11) is 1.43. The third kappa shape index (κ3) is 56.0. The molecule has 0 aliphatic rings. The second kappa shape index (κ2) is 52.5. The van der Waals surface area contributed by atoms with Crippen molar-refractivity contribution in [2.24, 2.45) is 0 Å². The molecule has 1 N–H and O–H groups in total. The molecular weight excluding hydrogens is 918 g/mol. The highest BCUT2D eigenvalue weighted by atomic mass is 31.2. The first-order valence-electron chi connectivity index (χ1n) is 28.6. The van der Waals surface area contributed by atoms with Gasteiger partial charge in [-0.15, -0.1) is 0 Å². The van der Waals surface area contributed by atoms with Crippen molar-refractivity contribution in [3.8, 4) is 0 Å². The molecule has 0 aliphatic heterocycles. The van der Waals surface area contributed by atoms with Crippen molar-refractivity contribution < 1.29 is 42.1 Å². The molecule has 0 aliphatic carbocycles. The van der Waals surface area contributed by atoms with Crippen molar-refractivity contribution in [3.63, 3.8) is 0 Å². The predicted molar refractivity (Wildman–Crippen MR) is 307 cm³/mol. The molecule has 0 aromatic rings. The van der Waals surface area contributed by atoms with E-state index in [2.05, 4.69) is 123 Å². The first-order chi connectivity index (χ1) is 35.0. The summed E-state index contributed by atoms with van der Waals surface area (Å²) in [4.78, 5) is 35.7. The molecule has 0 aromatic carbocycles. The zero-order chi connectivity index (χ0) is 52.7. The molecule has 0 fully saturated rings. The fraction of sp³-hybridized carbons (Fsp3) is 0.677. The molecule has 0 saturated heterocycles. The second-order valence-corrected chi connectivity index (χ2v) is 21.4. The van der Waals surface area contributed by atoms with Gasteiger partial charge in [0.2, 0.25) is 0 Å². The Balaban J connectivity index is 4.26. The van der Waals surface area contributed by atoms with E-state index in [1.54, 1.807) is 0 Å². The summed E-state index contributed by atoms with van der Waals surface area (Å²) < 4.78 is 34.5. The van der Waals surface area contributed by atoms with E-state index in [1.165, 1.54) is 103 Å². The van der Waals surface area contributed by atoms with Gasteiger partial charge in [0.15, 0.2) is 6.10 Å². The zero-order valence-corrected chi connectivity index (χ0v) is 47.5. The van der Waals surface area contributed by atoms with Gasteiger partial charge in [-0.2, -0.15) is 0 Å². The number of hydrogen-bond donors (Lipinski definition) is 1. The van der Waals surface area contributed by atoms with Gasteiger partial charge in [-0.1, -0.05) is 213 Å². The molecule has 0 saturated carbocycles. The van der Waals surface area contributed by atoms with Gasteiger partial charge in [0.25, 0.3) is 0 Å². The van der Waals surface area contributed by atoms with E-state index in [-0.39, 0.29) is 32.0 Å². The lowest BCUT2D eigenvalue weighted by Crippen LogP contribution is -2.37. The largest absolute Gasteiger partial charge is 0.472 e. The van der Waals surface area contributed by atoms with Crippen LogP contribution in [0.1, 0.15) is 219 Å². The Bertz CT molecular complexity index is 1580. The minimum absolute atomic E-state index is 0.0169. The molecule has 0 rings (SSSR count). The Kier molecular flexibility index (Phi) is 50.1. The van der Waals surface area contributed by atoms with Crippen molar-refractivity contribution in [3.05, 3.63) is 109 Å². The van der Waals surface area contributed by atoms with Crippen LogP contribution in [0, 0.1) is 0 Å². The minimum atomic E-state index is -4.41. The Morgan fingerprint density at radius 3 is 1.21 bits per heavy atom. The molecule has 0 amide bonds. The summed E-state index contributed by atoms with van der Waals surface area (Å²) in [5, 5.41) is 0. The number of carbonyl (C=O) groups is 2. The Morgan fingerprint density at radius 1 is 0.444 bits per heavy atom. The zero-order valence-electron chi connectivity index (χ0n) is 46.6. The molecule has 0 heterocycles. The molecule has 0 radical (unpaired) electrons. The molecule has 72 heavy (non-hydrogen) atoms. The average molecular weight is 1030 g/mol. The van der Waals surface area contributed by atoms with Crippen LogP contribution in [0.3, 0.4) is 0 Å². The van der Waals surface area contributed by atoms with E-state index >= 15 is 0 Å². The predicted octanol–water partition coefficient (Wildman–Crippen LogP) is 17.8. The van der Waals surface area contributed by atoms with Gasteiger partial charge < -0.3 is 18.9 Å².